The molecule has 0 aliphatic rings. The number of benzene rings is 1. The average molecular weight is 225 g/mol. The molecule has 0 N–H and O–H groups in total. The Bertz CT molecular complexity index is 479. The maximum absolute atomic E-state index is 13.3. The van der Waals surface area contributed by atoms with Gasteiger partial charge in [-0.1, -0.05) is 6.07 Å². The minimum atomic E-state index is -0.549. The van der Waals surface area contributed by atoms with Crippen LogP contribution < -0.4 is 0 Å². The molecule has 4 heteroatoms. The van der Waals surface area contributed by atoms with E-state index in [0.29, 0.717) is 12.0 Å². The molecule has 0 saturated heterocycles. The van der Waals surface area contributed by atoms with Gasteiger partial charge in [-0.2, -0.15) is 0 Å². The summed E-state index contributed by atoms with van der Waals surface area (Å²) in [7, 11) is 0. The molecule has 0 spiro atoms. The van der Waals surface area contributed by atoms with Gasteiger partial charge in [0, 0.05) is 23.6 Å². The smallest absolute Gasteiger partial charge is 0.129 e. The molecule has 0 fully saturated rings. The molecule has 1 aromatic carbocycles. The summed E-state index contributed by atoms with van der Waals surface area (Å²) in [6.45, 7) is 1.95. The lowest BCUT2D eigenvalue weighted by atomic mass is 10.1. The van der Waals surface area contributed by atoms with Gasteiger partial charge in [-0.05, 0) is 18.6 Å². The van der Waals surface area contributed by atoms with E-state index < -0.39 is 11.6 Å². The van der Waals surface area contributed by atoms with Gasteiger partial charge in [0.1, 0.15) is 11.6 Å². The quantitative estimate of drug-likeness (QED) is 0.764. The van der Waals surface area contributed by atoms with Crippen molar-refractivity contribution in [2.45, 2.75) is 13.3 Å². The topological polar surface area (TPSA) is 12.9 Å². The van der Waals surface area contributed by atoms with Gasteiger partial charge < -0.3 is 0 Å². The molecule has 1 aromatic heterocycles. The van der Waals surface area contributed by atoms with Crippen molar-refractivity contribution < 1.29 is 8.78 Å². The van der Waals surface area contributed by atoms with Crippen molar-refractivity contribution in [2.24, 2.45) is 0 Å². The molecule has 1 nitrogen and oxygen atoms in total. The third-order valence-corrected chi connectivity index (χ3v) is 2.94. The van der Waals surface area contributed by atoms with Crippen LogP contribution in [0.4, 0.5) is 8.78 Å². The largest absolute Gasteiger partial charge is 0.249 e. The highest BCUT2D eigenvalue weighted by atomic mass is 32.1. The van der Waals surface area contributed by atoms with E-state index >= 15 is 0 Å². The Morgan fingerprint density at radius 2 is 2.13 bits per heavy atom. The highest BCUT2D eigenvalue weighted by Gasteiger charge is 2.06. The number of aromatic nitrogens is 1. The Morgan fingerprint density at radius 1 is 1.33 bits per heavy atom. The third kappa shape index (κ3) is 2.39. The van der Waals surface area contributed by atoms with Crippen LogP contribution in [0.2, 0.25) is 0 Å². The lowest BCUT2D eigenvalue weighted by Crippen LogP contribution is -1.92. The monoisotopic (exact) mass is 225 g/mol. The molecule has 0 atom stereocenters. The summed E-state index contributed by atoms with van der Waals surface area (Å²) in [5.41, 5.74) is 0.478. The Balaban J connectivity index is 2.24. The molecule has 0 unspecified atom stereocenters. The Labute approximate surface area is 90.4 Å². The third-order valence-electron chi connectivity index (χ3n) is 2.03. The Morgan fingerprint density at radius 3 is 2.73 bits per heavy atom. The zero-order valence-corrected chi connectivity index (χ0v) is 8.94. The SMILES string of the molecule is Cc1cnc(Cc2ccc(F)cc2F)s1. The second kappa shape index (κ2) is 4.06. The van der Waals surface area contributed by atoms with Crippen LogP contribution >= 0.6 is 11.3 Å². The van der Waals surface area contributed by atoms with E-state index in [1.165, 1.54) is 23.5 Å². The van der Waals surface area contributed by atoms with Crippen LogP contribution in [-0.2, 0) is 6.42 Å². The zero-order chi connectivity index (χ0) is 10.8. The van der Waals surface area contributed by atoms with Crippen molar-refractivity contribution in [3.63, 3.8) is 0 Å². The van der Waals surface area contributed by atoms with Gasteiger partial charge in [-0.25, -0.2) is 13.8 Å². The molecule has 78 valence electrons. The molecule has 2 aromatic rings. The molecule has 2 rings (SSSR count). The highest BCUT2D eigenvalue weighted by molar-refractivity contribution is 7.11. The number of halogens is 2. The standard InChI is InChI=1S/C11H9F2NS/c1-7-6-14-11(15-7)4-8-2-3-9(12)5-10(8)13/h2-3,5-6H,4H2,1H3. The molecule has 0 radical (unpaired) electrons. The number of hydrogen-bond donors (Lipinski definition) is 0. The molecule has 0 bridgehead atoms. The summed E-state index contributed by atoms with van der Waals surface area (Å²) in [6, 6.07) is 3.62. The van der Waals surface area contributed by atoms with Gasteiger partial charge in [0.2, 0.25) is 0 Å². The predicted molar refractivity (Wildman–Crippen MR) is 56.0 cm³/mol. The molecule has 1 heterocycles. The first-order chi connectivity index (χ1) is 7.15. The fourth-order valence-electron chi connectivity index (χ4n) is 1.31. The first kappa shape index (κ1) is 10.2. The summed E-state index contributed by atoms with van der Waals surface area (Å²) >= 11 is 1.52. The van der Waals surface area contributed by atoms with Gasteiger partial charge in [-0.3, -0.25) is 0 Å². The van der Waals surface area contributed by atoms with Crippen LogP contribution in [0, 0.1) is 18.6 Å². The number of aryl methyl sites for hydroxylation is 1. The molecule has 15 heavy (non-hydrogen) atoms. The first-order valence-corrected chi connectivity index (χ1v) is 5.32. The predicted octanol–water partition coefficient (Wildman–Crippen LogP) is 3.32. The van der Waals surface area contributed by atoms with E-state index in [4.69, 9.17) is 0 Å². The fraction of sp³-hybridized carbons (Fsp3) is 0.182. The normalized spacial score (nSPS) is 10.6. The van der Waals surface area contributed by atoms with Crippen LogP contribution in [0.3, 0.4) is 0 Å². The first-order valence-electron chi connectivity index (χ1n) is 4.50. The van der Waals surface area contributed by atoms with E-state index in [-0.39, 0.29) is 0 Å². The summed E-state index contributed by atoms with van der Waals surface area (Å²) < 4.78 is 25.9. The van der Waals surface area contributed by atoms with Gasteiger partial charge in [-0.15, -0.1) is 11.3 Å². The van der Waals surface area contributed by atoms with Crippen LogP contribution in [0.25, 0.3) is 0 Å². The molecule has 0 aliphatic heterocycles. The van der Waals surface area contributed by atoms with Gasteiger partial charge in [0.25, 0.3) is 0 Å². The highest BCUT2D eigenvalue weighted by Crippen LogP contribution is 2.18. The van der Waals surface area contributed by atoms with Crippen molar-refractivity contribution in [3.8, 4) is 0 Å². The summed E-state index contributed by atoms with van der Waals surface area (Å²) in [5, 5.41) is 0.845. The lowest BCUT2D eigenvalue weighted by molar-refractivity contribution is 0.574. The van der Waals surface area contributed by atoms with Crippen molar-refractivity contribution in [2.75, 3.05) is 0 Å². The fourth-order valence-corrected chi connectivity index (χ4v) is 2.12. The van der Waals surface area contributed by atoms with E-state index in [1.807, 2.05) is 6.92 Å². The lowest BCUT2D eigenvalue weighted by Gasteiger charge is -2.00. The maximum Gasteiger partial charge on any atom is 0.129 e. The van der Waals surface area contributed by atoms with Crippen molar-refractivity contribution in [1.82, 2.24) is 4.98 Å². The van der Waals surface area contributed by atoms with Crippen molar-refractivity contribution >= 4 is 11.3 Å². The number of thiazole rings is 1. The van der Waals surface area contributed by atoms with E-state index in [0.717, 1.165) is 16.0 Å². The number of rotatable bonds is 2. The minimum Gasteiger partial charge on any atom is -0.249 e. The molecule has 0 saturated carbocycles. The average Bonchev–Trinajstić information content (AvgIpc) is 2.56. The van der Waals surface area contributed by atoms with Crippen molar-refractivity contribution in [3.05, 3.63) is 51.5 Å². The van der Waals surface area contributed by atoms with E-state index in [9.17, 15) is 8.78 Å². The van der Waals surface area contributed by atoms with E-state index in [1.54, 1.807) is 6.20 Å². The van der Waals surface area contributed by atoms with Crippen LogP contribution in [-0.4, -0.2) is 4.98 Å². The van der Waals surface area contributed by atoms with Crippen molar-refractivity contribution in [1.29, 1.82) is 0 Å². The molecule has 0 aliphatic carbocycles. The molecule has 0 amide bonds. The molecular weight excluding hydrogens is 216 g/mol. The number of nitrogens with zero attached hydrogens (tertiary/aromatic N) is 1. The summed E-state index contributed by atoms with van der Waals surface area (Å²) in [4.78, 5) is 5.22. The second-order valence-corrected chi connectivity index (χ2v) is 4.60. The maximum atomic E-state index is 13.3. The van der Waals surface area contributed by atoms with Gasteiger partial charge >= 0.3 is 0 Å². The second-order valence-electron chi connectivity index (χ2n) is 3.28. The van der Waals surface area contributed by atoms with Crippen LogP contribution in [0.1, 0.15) is 15.4 Å². The van der Waals surface area contributed by atoms with Crippen LogP contribution in [0.15, 0.2) is 24.4 Å². The van der Waals surface area contributed by atoms with Gasteiger partial charge in [0.15, 0.2) is 0 Å². The Hall–Kier alpha value is -1.29. The minimum absolute atomic E-state index is 0.421. The molecular formula is C11H9F2NS. The number of hydrogen-bond acceptors (Lipinski definition) is 2. The summed E-state index contributed by atoms with van der Waals surface area (Å²) in [6.07, 6.45) is 2.17. The van der Waals surface area contributed by atoms with Gasteiger partial charge in [0.05, 0.1) is 5.01 Å². The Kier molecular flexibility index (Phi) is 2.77. The summed E-state index contributed by atoms with van der Waals surface area (Å²) in [5.74, 6) is -1.06. The van der Waals surface area contributed by atoms with Crippen LogP contribution in [0.5, 0.6) is 0 Å². The zero-order valence-electron chi connectivity index (χ0n) is 8.13. The van der Waals surface area contributed by atoms with E-state index in [2.05, 4.69) is 4.98 Å².